The van der Waals surface area contributed by atoms with Crippen LogP contribution >= 0.6 is 0 Å². The van der Waals surface area contributed by atoms with Crippen molar-refractivity contribution in [1.82, 2.24) is 15.0 Å². The molecule has 0 radical (unpaired) electrons. The lowest BCUT2D eigenvalue weighted by Gasteiger charge is -2.33. The minimum atomic E-state index is 0.343. The van der Waals surface area contributed by atoms with E-state index in [4.69, 9.17) is 4.52 Å². The van der Waals surface area contributed by atoms with Crippen LogP contribution in [-0.4, -0.2) is 27.6 Å². The van der Waals surface area contributed by atoms with E-state index in [1.54, 1.807) is 0 Å². The lowest BCUT2D eigenvalue weighted by Crippen LogP contribution is -2.38. The van der Waals surface area contributed by atoms with Gasteiger partial charge in [0, 0.05) is 12.0 Å². The topological polar surface area (TPSA) is 42.2 Å². The third-order valence-electron chi connectivity index (χ3n) is 3.56. The highest BCUT2D eigenvalue weighted by Crippen LogP contribution is 2.21. The van der Waals surface area contributed by atoms with Gasteiger partial charge in [0.15, 0.2) is 5.82 Å². The van der Waals surface area contributed by atoms with E-state index in [1.165, 1.54) is 25.7 Å². The van der Waals surface area contributed by atoms with Gasteiger partial charge in [0.25, 0.3) is 0 Å². The summed E-state index contributed by atoms with van der Waals surface area (Å²) in [5.74, 6) is 1.94. The van der Waals surface area contributed by atoms with Crippen molar-refractivity contribution in [3.8, 4) is 0 Å². The van der Waals surface area contributed by atoms with Crippen LogP contribution in [0.25, 0.3) is 0 Å². The first kappa shape index (κ1) is 12.6. The zero-order valence-electron chi connectivity index (χ0n) is 11.1. The number of hydrogen-bond acceptors (Lipinski definition) is 4. The predicted octanol–water partition coefficient (Wildman–Crippen LogP) is 2.96. The van der Waals surface area contributed by atoms with Gasteiger partial charge in [-0.05, 0) is 25.8 Å². The minimum absolute atomic E-state index is 0.343. The van der Waals surface area contributed by atoms with E-state index in [0.29, 0.717) is 12.0 Å². The molecule has 17 heavy (non-hydrogen) atoms. The van der Waals surface area contributed by atoms with Crippen LogP contribution in [0.3, 0.4) is 0 Å². The van der Waals surface area contributed by atoms with Crippen LogP contribution in [0, 0.1) is 0 Å². The minimum Gasteiger partial charge on any atom is -0.338 e. The molecule has 1 aromatic heterocycles. The van der Waals surface area contributed by atoms with Crippen molar-refractivity contribution in [3.05, 3.63) is 11.7 Å². The van der Waals surface area contributed by atoms with Crippen molar-refractivity contribution < 1.29 is 4.52 Å². The SMILES string of the molecule is CCC1CCCCN1Cc1nc(C(C)C)no1. The molecule has 1 unspecified atom stereocenters. The molecule has 0 aliphatic carbocycles. The van der Waals surface area contributed by atoms with Crippen LogP contribution in [0.4, 0.5) is 0 Å². The number of nitrogens with zero attached hydrogens (tertiary/aromatic N) is 3. The molecule has 0 aromatic carbocycles. The van der Waals surface area contributed by atoms with E-state index < -0.39 is 0 Å². The molecule has 0 saturated carbocycles. The molecule has 1 fully saturated rings. The smallest absolute Gasteiger partial charge is 0.240 e. The third kappa shape index (κ3) is 3.06. The second-order valence-corrected chi connectivity index (χ2v) is 5.23. The maximum atomic E-state index is 5.32. The first-order valence-electron chi connectivity index (χ1n) is 6.77. The number of aromatic nitrogens is 2. The van der Waals surface area contributed by atoms with Crippen LogP contribution in [0.2, 0.25) is 0 Å². The Morgan fingerprint density at radius 3 is 2.88 bits per heavy atom. The Morgan fingerprint density at radius 1 is 1.41 bits per heavy atom. The highest BCUT2D eigenvalue weighted by molar-refractivity contribution is 4.92. The Kier molecular flexibility index (Phi) is 4.15. The maximum Gasteiger partial charge on any atom is 0.240 e. The zero-order valence-corrected chi connectivity index (χ0v) is 11.1. The van der Waals surface area contributed by atoms with Gasteiger partial charge in [-0.1, -0.05) is 32.3 Å². The van der Waals surface area contributed by atoms with Gasteiger partial charge in [-0.15, -0.1) is 0 Å². The summed E-state index contributed by atoms with van der Waals surface area (Å²) in [7, 11) is 0. The number of hydrogen-bond donors (Lipinski definition) is 0. The first-order valence-corrected chi connectivity index (χ1v) is 6.77. The summed E-state index contributed by atoms with van der Waals surface area (Å²) in [6.45, 7) is 8.42. The van der Waals surface area contributed by atoms with E-state index in [0.717, 1.165) is 24.8 Å². The van der Waals surface area contributed by atoms with Crippen LogP contribution in [-0.2, 0) is 6.54 Å². The molecular formula is C13H23N3O. The molecule has 1 aromatic rings. The molecule has 1 aliphatic heterocycles. The second-order valence-electron chi connectivity index (χ2n) is 5.23. The Balaban J connectivity index is 1.98. The van der Waals surface area contributed by atoms with Crippen LogP contribution in [0.5, 0.6) is 0 Å². The van der Waals surface area contributed by atoms with E-state index in [2.05, 4.69) is 35.8 Å². The van der Waals surface area contributed by atoms with Gasteiger partial charge in [-0.2, -0.15) is 4.98 Å². The summed E-state index contributed by atoms with van der Waals surface area (Å²) in [6.07, 6.45) is 5.17. The van der Waals surface area contributed by atoms with Gasteiger partial charge in [0.05, 0.1) is 6.54 Å². The highest BCUT2D eigenvalue weighted by Gasteiger charge is 2.23. The van der Waals surface area contributed by atoms with E-state index in [1.807, 2.05) is 0 Å². The molecular weight excluding hydrogens is 214 g/mol. The number of rotatable bonds is 4. The summed E-state index contributed by atoms with van der Waals surface area (Å²) in [4.78, 5) is 6.94. The monoisotopic (exact) mass is 237 g/mol. The fourth-order valence-corrected chi connectivity index (χ4v) is 2.47. The Morgan fingerprint density at radius 2 is 2.24 bits per heavy atom. The molecule has 0 N–H and O–H groups in total. The van der Waals surface area contributed by atoms with Crippen LogP contribution in [0.15, 0.2) is 4.52 Å². The van der Waals surface area contributed by atoms with Crippen molar-refractivity contribution in [2.45, 2.75) is 65.0 Å². The molecule has 1 atom stereocenters. The van der Waals surface area contributed by atoms with Gasteiger partial charge >= 0.3 is 0 Å². The molecule has 4 heteroatoms. The van der Waals surface area contributed by atoms with E-state index >= 15 is 0 Å². The van der Waals surface area contributed by atoms with Crippen molar-refractivity contribution >= 4 is 0 Å². The average Bonchev–Trinajstić information content (AvgIpc) is 2.78. The summed E-state index contributed by atoms with van der Waals surface area (Å²) in [6, 6.07) is 0.693. The second kappa shape index (κ2) is 5.63. The van der Waals surface area contributed by atoms with Crippen molar-refractivity contribution in [2.24, 2.45) is 0 Å². The Labute approximate surface area is 103 Å². The zero-order chi connectivity index (χ0) is 12.3. The summed E-state index contributed by atoms with van der Waals surface area (Å²) in [5.41, 5.74) is 0. The largest absolute Gasteiger partial charge is 0.338 e. The highest BCUT2D eigenvalue weighted by atomic mass is 16.5. The molecule has 1 aliphatic rings. The van der Waals surface area contributed by atoms with Gasteiger partial charge in [-0.3, -0.25) is 4.90 Å². The third-order valence-corrected chi connectivity index (χ3v) is 3.56. The van der Waals surface area contributed by atoms with Crippen molar-refractivity contribution in [2.75, 3.05) is 6.54 Å². The average molecular weight is 237 g/mol. The predicted molar refractivity (Wildman–Crippen MR) is 66.7 cm³/mol. The lowest BCUT2D eigenvalue weighted by molar-refractivity contribution is 0.120. The van der Waals surface area contributed by atoms with Gasteiger partial charge < -0.3 is 4.52 Å². The summed E-state index contributed by atoms with van der Waals surface area (Å²) >= 11 is 0. The van der Waals surface area contributed by atoms with Gasteiger partial charge in [0.2, 0.25) is 5.89 Å². The molecule has 2 heterocycles. The Bertz CT molecular complexity index is 348. The maximum absolute atomic E-state index is 5.32. The fraction of sp³-hybridized carbons (Fsp3) is 0.846. The molecule has 96 valence electrons. The Hall–Kier alpha value is -0.900. The van der Waals surface area contributed by atoms with E-state index in [9.17, 15) is 0 Å². The molecule has 1 saturated heterocycles. The molecule has 0 bridgehead atoms. The number of likely N-dealkylation sites (tertiary alicyclic amines) is 1. The summed E-state index contributed by atoms with van der Waals surface area (Å²) < 4.78 is 5.32. The normalized spacial score (nSPS) is 22.2. The fourth-order valence-electron chi connectivity index (χ4n) is 2.47. The lowest BCUT2D eigenvalue weighted by atomic mass is 10.0. The van der Waals surface area contributed by atoms with Crippen LogP contribution < -0.4 is 0 Å². The number of piperidine rings is 1. The first-order chi connectivity index (χ1) is 8.20. The molecule has 4 nitrogen and oxygen atoms in total. The molecule has 2 rings (SSSR count). The van der Waals surface area contributed by atoms with Gasteiger partial charge in [-0.25, -0.2) is 0 Å². The summed E-state index contributed by atoms with van der Waals surface area (Å²) in [5, 5.41) is 4.02. The molecule has 0 amide bonds. The standard InChI is InChI=1S/C13H23N3O/c1-4-11-7-5-6-8-16(11)9-12-14-13(10(2)3)15-17-12/h10-11H,4-9H2,1-3H3. The van der Waals surface area contributed by atoms with Crippen molar-refractivity contribution in [1.29, 1.82) is 0 Å². The molecule has 0 spiro atoms. The van der Waals surface area contributed by atoms with Gasteiger partial charge in [0.1, 0.15) is 0 Å². The quantitative estimate of drug-likeness (QED) is 0.807. The van der Waals surface area contributed by atoms with E-state index in [-0.39, 0.29) is 0 Å². The van der Waals surface area contributed by atoms with Crippen molar-refractivity contribution in [3.63, 3.8) is 0 Å². The van der Waals surface area contributed by atoms with Crippen LogP contribution in [0.1, 0.15) is 64.1 Å².